The Morgan fingerprint density at radius 3 is 2.34 bits per heavy atom. The quantitative estimate of drug-likeness (QED) is 0.305. The average molecular weight is 521 g/mol. The van der Waals surface area contributed by atoms with E-state index in [4.69, 9.17) is 9.47 Å². The van der Waals surface area contributed by atoms with Crippen molar-refractivity contribution >= 4 is 17.4 Å². The van der Waals surface area contributed by atoms with Gasteiger partial charge in [-0.05, 0) is 53.6 Å². The normalized spacial score (nSPS) is 20.2. The van der Waals surface area contributed by atoms with Gasteiger partial charge < -0.3 is 19.5 Å². The van der Waals surface area contributed by atoms with Crippen LogP contribution in [-0.2, 0) is 19.7 Å². The molecule has 2 aromatic carbocycles. The van der Waals surface area contributed by atoms with Crippen molar-refractivity contribution in [2.24, 2.45) is 0 Å². The molecule has 1 unspecified atom stereocenters. The Balaban J connectivity index is 1.74. The van der Waals surface area contributed by atoms with Crippen LogP contribution in [0.1, 0.15) is 62.4 Å². The summed E-state index contributed by atoms with van der Waals surface area (Å²) in [5, 5.41) is 11.5. The van der Waals surface area contributed by atoms with E-state index in [0.29, 0.717) is 44.2 Å². The Morgan fingerprint density at radius 1 is 1.05 bits per heavy atom. The summed E-state index contributed by atoms with van der Waals surface area (Å²) < 4.78 is 11.2. The summed E-state index contributed by atoms with van der Waals surface area (Å²) >= 11 is 0. The van der Waals surface area contributed by atoms with Crippen molar-refractivity contribution < 1.29 is 24.2 Å². The summed E-state index contributed by atoms with van der Waals surface area (Å²) in [6.45, 7) is 14.9. The molecule has 2 heterocycles. The molecule has 7 heteroatoms. The molecule has 2 fully saturated rings. The van der Waals surface area contributed by atoms with Crippen LogP contribution in [-0.4, -0.2) is 72.6 Å². The molecule has 2 saturated heterocycles. The molecule has 2 aliphatic heterocycles. The van der Waals surface area contributed by atoms with Crippen LogP contribution in [0.25, 0.3) is 5.76 Å². The highest BCUT2D eigenvalue weighted by Crippen LogP contribution is 2.40. The van der Waals surface area contributed by atoms with Crippen LogP contribution >= 0.6 is 0 Å². The SMILES string of the molecule is CCCOc1ccc(/C(O)=C2\C(=O)C(=O)N(CCN3CCOCC3)C2c2ccc(C(C)(C)C)cc2)c(C)c1. The topological polar surface area (TPSA) is 79.3 Å². The Hall–Kier alpha value is -3.16. The molecule has 1 amide bonds. The lowest BCUT2D eigenvalue weighted by molar-refractivity contribution is -0.140. The third-order valence-corrected chi connectivity index (χ3v) is 7.32. The minimum absolute atomic E-state index is 0.0324. The van der Waals surface area contributed by atoms with Crippen molar-refractivity contribution in [3.8, 4) is 5.75 Å². The van der Waals surface area contributed by atoms with Crippen molar-refractivity contribution in [3.63, 3.8) is 0 Å². The summed E-state index contributed by atoms with van der Waals surface area (Å²) in [5.41, 5.74) is 3.36. The molecule has 0 aromatic heterocycles. The van der Waals surface area contributed by atoms with Crippen molar-refractivity contribution in [1.82, 2.24) is 9.80 Å². The molecule has 0 saturated carbocycles. The van der Waals surface area contributed by atoms with Gasteiger partial charge in [0.15, 0.2) is 0 Å². The number of hydrogen-bond donors (Lipinski definition) is 1. The molecule has 7 nitrogen and oxygen atoms in total. The van der Waals surface area contributed by atoms with Crippen LogP contribution in [0.2, 0.25) is 0 Å². The molecule has 0 aliphatic carbocycles. The zero-order valence-corrected chi connectivity index (χ0v) is 23.3. The smallest absolute Gasteiger partial charge is 0.295 e. The number of aryl methyl sites for hydroxylation is 1. The molecule has 0 radical (unpaired) electrons. The van der Waals surface area contributed by atoms with E-state index < -0.39 is 17.7 Å². The highest BCUT2D eigenvalue weighted by atomic mass is 16.5. The number of nitrogens with zero attached hydrogens (tertiary/aromatic N) is 2. The molecule has 0 spiro atoms. The monoisotopic (exact) mass is 520 g/mol. The summed E-state index contributed by atoms with van der Waals surface area (Å²) in [6.07, 6.45) is 0.892. The van der Waals surface area contributed by atoms with Gasteiger partial charge in [-0.3, -0.25) is 14.5 Å². The van der Waals surface area contributed by atoms with Crippen molar-refractivity contribution in [2.45, 2.75) is 52.5 Å². The van der Waals surface area contributed by atoms with Crippen molar-refractivity contribution in [2.75, 3.05) is 46.0 Å². The van der Waals surface area contributed by atoms with Crippen LogP contribution in [0.3, 0.4) is 0 Å². The Morgan fingerprint density at radius 2 is 1.74 bits per heavy atom. The number of benzene rings is 2. The molecule has 38 heavy (non-hydrogen) atoms. The Kier molecular flexibility index (Phi) is 8.58. The molecule has 2 aromatic rings. The van der Waals surface area contributed by atoms with Crippen LogP contribution < -0.4 is 4.74 Å². The fourth-order valence-corrected chi connectivity index (χ4v) is 5.05. The van der Waals surface area contributed by atoms with Crippen LogP contribution in [0, 0.1) is 6.92 Å². The van der Waals surface area contributed by atoms with E-state index in [1.165, 1.54) is 0 Å². The number of likely N-dealkylation sites (tertiary alicyclic amines) is 1. The maximum atomic E-state index is 13.4. The largest absolute Gasteiger partial charge is 0.507 e. The first-order chi connectivity index (χ1) is 18.1. The van der Waals surface area contributed by atoms with Gasteiger partial charge in [-0.25, -0.2) is 0 Å². The van der Waals surface area contributed by atoms with Crippen LogP contribution in [0.15, 0.2) is 48.0 Å². The maximum absolute atomic E-state index is 13.4. The van der Waals surface area contributed by atoms with E-state index in [-0.39, 0.29) is 16.7 Å². The number of carbonyl (C=O) groups is 2. The molecule has 4 rings (SSSR count). The fraction of sp³-hybridized carbons (Fsp3) is 0.484. The number of ether oxygens (including phenoxy) is 2. The Bertz CT molecular complexity index is 1190. The lowest BCUT2D eigenvalue weighted by Crippen LogP contribution is -2.42. The third-order valence-electron chi connectivity index (χ3n) is 7.32. The number of aliphatic hydroxyl groups is 1. The second kappa shape index (κ2) is 11.7. The number of ketones is 1. The van der Waals surface area contributed by atoms with E-state index in [9.17, 15) is 14.7 Å². The van der Waals surface area contributed by atoms with Gasteiger partial charge in [0.05, 0.1) is 31.4 Å². The molecule has 2 aliphatic rings. The summed E-state index contributed by atoms with van der Waals surface area (Å²) in [6, 6.07) is 12.8. The second-order valence-electron chi connectivity index (χ2n) is 11.1. The minimum Gasteiger partial charge on any atom is -0.507 e. The standard InChI is InChI=1S/C31H40N2O5/c1-6-17-38-24-11-12-25(21(2)20-24)28(34)26-27(22-7-9-23(10-8-22)31(3,4)5)33(30(36)29(26)35)14-13-32-15-18-37-19-16-32/h7-12,20,27,34H,6,13-19H2,1-5H3/b28-26+. The van der Waals surface area contributed by atoms with E-state index in [1.807, 2.05) is 44.2 Å². The van der Waals surface area contributed by atoms with Gasteiger partial charge in [0.25, 0.3) is 11.7 Å². The number of morpholine rings is 1. The molecular formula is C31H40N2O5. The van der Waals surface area contributed by atoms with E-state index in [0.717, 1.165) is 36.2 Å². The first kappa shape index (κ1) is 27.9. The van der Waals surface area contributed by atoms with Gasteiger partial charge in [0, 0.05) is 31.7 Å². The Labute approximate surface area is 226 Å². The number of aliphatic hydroxyl groups excluding tert-OH is 1. The second-order valence-corrected chi connectivity index (χ2v) is 11.1. The predicted octanol–water partition coefficient (Wildman–Crippen LogP) is 4.84. The zero-order chi connectivity index (χ0) is 27.4. The first-order valence-electron chi connectivity index (χ1n) is 13.5. The number of carbonyl (C=O) groups excluding carboxylic acids is 2. The molecular weight excluding hydrogens is 480 g/mol. The number of rotatable bonds is 8. The van der Waals surface area contributed by atoms with Gasteiger partial charge in [0.1, 0.15) is 11.5 Å². The molecule has 204 valence electrons. The highest BCUT2D eigenvalue weighted by molar-refractivity contribution is 6.46. The van der Waals surface area contributed by atoms with Gasteiger partial charge >= 0.3 is 0 Å². The summed E-state index contributed by atoms with van der Waals surface area (Å²) in [5.74, 6) is -0.673. The highest BCUT2D eigenvalue weighted by Gasteiger charge is 2.46. The van der Waals surface area contributed by atoms with Crippen LogP contribution in [0.5, 0.6) is 5.75 Å². The number of hydrogen-bond acceptors (Lipinski definition) is 6. The molecule has 1 atom stereocenters. The minimum atomic E-state index is -0.666. The van der Waals surface area contributed by atoms with Crippen LogP contribution in [0.4, 0.5) is 0 Å². The first-order valence-corrected chi connectivity index (χ1v) is 13.5. The fourth-order valence-electron chi connectivity index (χ4n) is 5.05. The van der Waals surface area contributed by atoms with Gasteiger partial charge in [-0.1, -0.05) is 52.0 Å². The summed E-state index contributed by atoms with van der Waals surface area (Å²) in [7, 11) is 0. The number of amides is 1. The van der Waals surface area contributed by atoms with Gasteiger partial charge in [-0.15, -0.1) is 0 Å². The maximum Gasteiger partial charge on any atom is 0.295 e. The molecule has 0 bridgehead atoms. The average Bonchev–Trinajstić information content (AvgIpc) is 3.15. The number of Topliss-reactive ketones (excluding diaryl/α,β-unsaturated/α-hetero) is 1. The van der Waals surface area contributed by atoms with Crippen molar-refractivity contribution in [1.29, 1.82) is 0 Å². The zero-order valence-electron chi connectivity index (χ0n) is 23.3. The lowest BCUT2D eigenvalue weighted by atomic mass is 9.85. The summed E-state index contributed by atoms with van der Waals surface area (Å²) in [4.78, 5) is 30.7. The van der Waals surface area contributed by atoms with Gasteiger partial charge in [0.2, 0.25) is 0 Å². The van der Waals surface area contributed by atoms with Crippen molar-refractivity contribution in [3.05, 3.63) is 70.3 Å². The van der Waals surface area contributed by atoms with E-state index in [2.05, 4.69) is 25.7 Å². The third kappa shape index (κ3) is 5.94. The van der Waals surface area contributed by atoms with E-state index >= 15 is 0 Å². The molecule has 1 N–H and O–H groups in total. The van der Waals surface area contributed by atoms with E-state index in [1.54, 1.807) is 17.0 Å². The lowest BCUT2D eigenvalue weighted by Gasteiger charge is -2.31. The predicted molar refractivity (Wildman–Crippen MR) is 148 cm³/mol. The van der Waals surface area contributed by atoms with Gasteiger partial charge in [-0.2, -0.15) is 0 Å².